The number of nitrogens with one attached hydrogen (secondary N) is 1. The Morgan fingerprint density at radius 2 is 2.00 bits per heavy atom. The molecule has 2 aromatic rings. The number of nitrogens with zero attached hydrogens (tertiary/aromatic N) is 1. The zero-order valence-electron chi connectivity index (χ0n) is 16.1. The fourth-order valence-electron chi connectivity index (χ4n) is 4.05. The van der Waals surface area contributed by atoms with E-state index in [9.17, 15) is 19.2 Å². The molecule has 1 aliphatic heterocycles. The van der Waals surface area contributed by atoms with E-state index in [4.69, 9.17) is 4.42 Å². The van der Waals surface area contributed by atoms with Gasteiger partial charge in [-0.1, -0.05) is 37.6 Å². The molecule has 2 atom stereocenters. The number of hydrogen-bond acceptors (Lipinski definition) is 6. The monoisotopic (exact) mass is 414 g/mol. The van der Waals surface area contributed by atoms with Crippen molar-refractivity contribution in [2.24, 2.45) is 0 Å². The third-order valence-corrected chi connectivity index (χ3v) is 6.42. The molecule has 7 nitrogen and oxygen atoms in total. The van der Waals surface area contributed by atoms with Crippen molar-refractivity contribution < 1.29 is 18.8 Å². The van der Waals surface area contributed by atoms with Gasteiger partial charge in [0.05, 0.1) is 23.2 Å². The van der Waals surface area contributed by atoms with E-state index in [1.807, 2.05) is 13.0 Å². The highest BCUT2D eigenvalue weighted by atomic mass is 32.2. The van der Waals surface area contributed by atoms with Crippen LogP contribution in [0, 0.1) is 0 Å². The van der Waals surface area contributed by atoms with Crippen LogP contribution in [0.15, 0.2) is 33.5 Å². The number of carbonyl (C=O) groups excluding carboxylic acids is 3. The van der Waals surface area contributed by atoms with Gasteiger partial charge in [-0.3, -0.25) is 24.1 Å². The molecule has 2 aliphatic rings. The van der Waals surface area contributed by atoms with E-state index >= 15 is 0 Å². The summed E-state index contributed by atoms with van der Waals surface area (Å²) in [6.45, 7) is 2.00. The van der Waals surface area contributed by atoms with Crippen LogP contribution in [0.25, 0.3) is 11.0 Å². The van der Waals surface area contributed by atoms with Crippen molar-refractivity contribution in [3.63, 3.8) is 0 Å². The topological polar surface area (TPSA) is 96.7 Å². The lowest BCUT2D eigenvalue weighted by Crippen LogP contribution is -2.54. The van der Waals surface area contributed by atoms with Crippen molar-refractivity contribution in [3.8, 4) is 0 Å². The normalized spacial score (nSPS) is 22.3. The van der Waals surface area contributed by atoms with Crippen molar-refractivity contribution in [3.05, 3.63) is 45.8 Å². The minimum absolute atomic E-state index is 0.0653. The molecule has 0 radical (unpaired) electrons. The number of rotatable bonds is 4. The molecule has 1 aliphatic carbocycles. The van der Waals surface area contributed by atoms with Crippen molar-refractivity contribution in [2.75, 3.05) is 5.75 Å². The molecule has 1 saturated heterocycles. The predicted octanol–water partition coefficient (Wildman–Crippen LogP) is 3.09. The Kier molecular flexibility index (Phi) is 5.45. The summed E-state index contributed by atoms with van der Waals surface area (Å²) in [5.41, 5.74) is 1.11. The zero-order chi connectivity index (χ0) is 20.5. The van der Waals surface area contributed by atoms with Gasteiger partial charge in [0.2, 0.25) is 5.91 Å². The largest absolute Gasteiger partial charge is 0.451 e. The molecule has 29 heavy (non-hydrogen) atoms. The van der Waals surface area contributed by atoms with Crippen LogP contribution in [0.2, 0.25) is 0 Å². The predicted molar refractivity (Wildman–Crippen MR) is 110 cm³/mol. The van der Waals surface area contributed by atoms with Gasteiger partial charge in [0, 0.05) is 6.07 Å². The summed E-state index contributed by atoms with van der Waals surface area (Å²) in [7, 11) is 0. The highest BCUT2D eigenvalue weighted by Gasteiger charge is 2.41. The van der Waals surface area contributed by atoms with Crippen molar-refractivity contribution >= 4 is 39.8 Å². The Hall–Kier alpha value is -2.61. The smallest absolute Gasteiger partial charge is 0.289 e. The Morgan fingerprint density at radius 1 is 1.21 bits per heavy atom. The van der Waals surface area contributed by atoms with E-state index in [2.05, 4.69) is 5.32 Å². The van der Waals surface area contributed by atoms with Gasteiger partial charge in [0.25, 0.3) is 11.1 Å². The highest BCUT2D eigenvalue weighted by molar-refractivity contribution is 8.14. The van der Waals surface area contributed by atoms with Crippen LogP contribution in [0.5, 0.6) is 0 Å². The van der Waals surface area contributed by atoms with Gasteiger partial charge in [0.15, 0.2) is 11.2 Å². The van der Waals surface area contributed by atoms with Crippen LogP contribution in [-0.2, 0) is 11.2 Å². The van der Waals surface area contributed by atoms with Gasteiger partial charge >= 0.3 is 0 Å². The third kappa shape index (κ3) is 3.81. The summed E-state index contributed by atoms with van der Waals surface area (Å²) in [6, 6.07) is 5.84. The first-order valence-electron chi connectivity index (χ1n) is 9.84. The van der Waals surface area contributed by atoms with E-state index in [-0.39, 0.29) is 40.2 Å². The van der Waals surface area contributed by atoms with Gasteiger partial charge in [-0.2, -0.15) is 0 Å². The Bertz CT molecular complexity index is 1030. The summed E-state index contributed by atoms with van der Waals surface area (Å²) in [4.78, 5) is 50.9. The molecular weight excluding hydrogens is 392 g/mol. The number of thioether (sulfide) groups is 1. The lowest BCUT2D eigenvalue weighted by molar-refractivity contribution is -0.127. The van der Waals surface area contributed by atoms with Crippen LogP contribution in [0.4, 0.5) is 4.79 Å². The standard InChI is InChI=1S/C21H22N2O5S/c1-2-12-7-8-17-13(9-12)16(24)10-18(28-17)20(26)22-14-5-3-4-6-15(14)23-19(25)11-29-21(23)27/h7-10,14-15H,2-6,11H2,1H3,(H,22,26)/t14-,15-/m1/s1. The number of benzene rings is 1. The molecule has 4 rings (SSSR count). The summed E-state index contributed by atoms with van der Waals surface area (Å²) in [5, 5.41) is 3.08. The molecule has 1 aromatic heterocycles. The van der Waals surface area contributed by atoms with Crippen molar-refractivity contribution in [1.29, 1.82) is 0 Å². The lowest BCUT2D eigenvalue weighted by Gasteiger charge is -2.36. The van der Waals surface area contributed by atoms with Gasteiger partial charge in [-0.05, 0) is 37.0 Å². The van der Waals surface area contributed by atoms with Gasteiger partial charge in [-0.25, -0.2) is 0 Å². The summed E-state index contributed by atoms with van der Waals surface area (Å²) in [5.74, 6) is -0.637. The first-order chi connectivity index (χ1) is 14.0. The van der Waals surface area contributed by atoms with E-state index < -0.39 is 5.91 Å². The molecular formula is C21H22N2O5S. The second kappa shape index (κ2) is 8.02. The average molecular weight is 414 g/mol. The SMILES string of the molecule is CCc1ccc2oc(C(=O)N[C@@H]3CCCC[C@H]3N3C(=O)CSC3=O)cc(=O)c2c1. The molecule has 2 fully saturated rings. The number of carbonyl (C=O) groups is 3. The van der Waals surface area contributed by atoms with Gasteiger partial charge in [-0.15, -0.1) is 0 Å². The Morgan fingerprint density at radius 3 is 2.72 bits per heavy atom. The molecule has 1 saturated carbocycles. The second-order valence-corrected chi connectivity index (χ2v) is 8.34. The number of fused-ring (bicyclic) bond motifs is 1. The minimum Gasteiger partial charge on any atom is -0.451 e. The first kappa shape index (κ1) is 19.7. The lowest BCUT2D eigenvalue weighted by atomic mass is 9.89. The Labute approximate surface area is 171 Å². The zero-order valence-corrected chi connectivity index (χ0v) is 16.9. The van der Waals surface area contributed by atoms with Crippen LogP contribution < -0.4 is 10.7 Å². The minimum atomic E-state index is -0.507. The van der Waals surface area contributed by atoms with Crippen LogP contribution >= 0.6 is 11.8 Å². The number of imide groups is 1. The molecule has 0 spiro atoms. The molecule has 8 heteroatoms. The van der Waals surface area contributed by atoms with E-state index in [1.165, 1.54) is 11.0 Å². The first-order valence-corrected chi connectivity index (χ1v) is 10.8. The Balaban J connectivity index is 1.58. The summed E-state index contributed by atoms with van der Waals surface area (Å²) < 4.78 is 5.68. The molecule has 2 heterocycles. The quantitative estimate of drug-likeness (QED) is 0.826. The summed E-state index contributed by atoms with van der Waals surface area (Å²) in [6.07, 6.45) is 3.91. The van der Waals surface area contributed by atoms with Crippen molar-refractivity contribution in [2.45, 2.75) is 51.1 Å². The van der Waals surface area contributed by atoms with Crippen LogP contribution in [0.1, 0.15) is 48.7 Å². The number of aryl methyl sites for hydroxylation is 1. The molecule has 3 amide bonds. The van der Waals surface area contributed by atoms with E-state index in [1.54, 1.807) is 12.1 Å². The maximum absolute atomic E-state index is 12.8. The second-order valence-electron chi connectivity index (χ2n) is 7.41. The average Bonchev–Trinajstić information content (AvgIpc) is 3.06. The molecule has 0 unspecified atom stereocenters. The van der Waals surface area contributed by atoms with E-state index in [0.29, 0.717) is 23.8 Å². The molecule has 1 aromatic carbocycles. The highest BCUT2D eigenvalue weighted by Crippen LogP contribution is 2.30. The molecule has 0 bridgehead atoms. The molecule has 1 N–H and O–H groups in total. The van der Waals surface area contributed by atoms with Gasteiger partial charge in [0.1, 0.15) is 5.58 Å². The van der Waals surface area contributed by atoms with Gasteiger partial charge < -0.3 is 9.73 Å². The maximum Gasteiger partial charge on any atom is 0.289 e. The fourth-order valence-corrected chi connectivity index (χ4v) is 4.81. The van der Waals surface area contributed by atoms with Crippen LogP contribution in [-0.4, -0.2) is 39.8 Å². The van der Waals surface area contributed by atoms with E-state index in [0.717, 1.165) is 36.6 Å². The van der Waals surface area contributed by atoms with Crippen LogP contribution in [0.3, 0.4) is 0 Å². The number of hydrogen-bond donors (Lipinski definition) is 1. The number of amides is 3. The van der Waals surface area contributed by atoms with Crippen molar-refractivity contribution in [1.82, 2.24) is 10.2 Å². The maximum atomic E-state index is 12.8. The fraction of sp³-hybridized carbons (Fsp3) is 0.429. The summed E-state index contributed by atoms with van der Waals surface area (Å²) >= 11 is 0.996. The molecule has 152 valence electrons. The third-order valence-electron chi connectivity index (χ3n) is 5.59.